The summed E-state index contributed by atoms with van der Waals surface area (Å²) in [5.74, 6) is 0.733. The topological polar surface area (TPSA) is 53.7 Å². The predicted octanol–water partition coefficient (Wildman–Crippen LogP) is 3.62. The van der Waals surface area contributed by atoms with Gasteiger partial charge in [-0.2, -0.15) is 0 Å². The Balaban J connectivity index is 2.08. The minimum Gasteiger partial charge on any atom is -0.480 e. The van der Waals surface area contributed by atoms with Crippen LogP contribution in [0.15, 0.2) is 45.3 Å². The summed E-state index contributed by atoms with van der Waals surface area (Å²) in [6.07, 6.45) is 0. The molecule has 0 aliphatic carbocycles. The summed E-state index contributed by atoms with van der Waals surface area (Å²) in [5, 5.41) is 8.83. The Morgan fingerprint density at radius 1 is 1.25 bits per heavy atom. The van der Waals surface area contributed by atoms with Gasteiger partial charge in [-0.05, 0) is 30.8 Å². The lowest BCUT2D eigenvalue weighted by Crippen LogP contribution is -2.28. The van der Waals surface area contributed by atoms with Gasteiger partial charge in [0.05, 0.1) is 13.1 Å². The number of hydrogen-bond acceptors (Lipinski definition) is 3. The van der Waals surface area contributed by atoms with E-state index in [1.165, 1.54) is 0 Å². The zero-order valence-electron chi connectivity index (χ0n) is 11.2. The third kappa shape index (κ3) is 3.95. The molecule has 0 bridgehead atoms. The molecule has 0 amide bonds. The third-order valence-electron chi connectivity index (χ3n) is 2.98. The van der Waals surface area contributed by atoms with Crippen LogP contribution in [0.25, 0.3) is 11.3 Å². The van der Waals surface area contributed by atoms with Crippen molar-refractivity contribution in [3.8, 4) is 11.3 Å². The average molecular weight is 338 g/mol. The highest BCUT2D eigenvalue weighted by atomic mass is 79.9. The molecule has 0 spiro atoms. The van der Waals surface area contributed by atoms with E-state index in [1.807, 2.05) is 48.2 Å². The first-order valence-electron chi connectivity index (χ1n) is 6.37. The van der Waals surface area contributed by atoms with Crippen molar-refractivity contribution in [2.75, 3.05) is 13.1 Å². The van der Waals surface area contributed by atoms with Crippen LogP contribution in [0.4, 0.5) is 0 Å². The molecule has 5 heteroatoms. The number of hydrogen-bond donors (Lipinski definition) is 1. The molecule has 0 saturated carbocycles. The van der Waals surface area contributed by atoms with E-state index in [-0.39, 0.29) is 6.54 Å². The maximum Gasteiger partial charge on any atom is 0.317 e. The first-order chi connectivity index (χ1) is 9.58. The van der Waals surface area contributed by atoms with Gasteiger partial charge < -0.3 is 9.52 Å². The van der Waals surface area contributed by atoms with E-state index < -0.39 is 5.97 Å². The van der Waals surface area contributed by atoms with Gasteiger partial charge in [0.25, 0.3) is 0 Å². The summed E-state index contributed by atoms with van der Waals surface area (Å²) in [5.41, 5.74) is 1.00. The standard InChI is InChI=1S/C15H16BrNO3/c1-2-17(10-15(18)19)9-13-7-8-14(20-13)11-3-5-12(16)6-4-11/h3-8H,2,9-10H2,1H3,(H,18,19). The molecule has 4 nitrogen and oxygen atoms in total. The number of halogens is 1. The second-order valence-electron chi connectivity index (χ2n) is 4.47. The Morgan fingerprint density at radius 2 is 1.95 bits per heavy atom. The molecule has 0 saturated heterocycles. The minimum atomic E-state index is -0.827. The molecule has 1 aromatic heterocycles. The molecule has 2 rings (SSSR count). The van der Waals surface area contributed by atoms with E-state index in [0.29, 0.717) is 13.1 Å². The number of benzene rings is 1. The Hall–Kier alpha value is -1.59. The fourth-order valence-electron chi connectivity index (χ4n) is 1.92. The number of carboxylic acids is 1. The summed E-state index contributed by atoms with van der Waals surface area (Å²) in [7, 11) is 0. The minimum absolute atomic E-state index is 0.0187. The summed E-state index contributed by atoms with van der Waals surface area (Å²) < 4.78 is 6.79. The SMILES string of the molecule is CCN(CC(=O)O)Cc1ccc(-c2ccc(Br)cc2)o1. The van der Waals surface area contributed by atoms with Crippen molar-refractivity contribution >= 4 is 21.9 Å². The quantitative estimate of drug-likeness (QED) is 0.874. The predicted molar refractivity (Wildman–Crippen MR) is 80.4 cm³/mol. The summed E-state index contributed by atoms with van der Waals surface area (Å²) in [6, 6.07) is 11.7. The van der Waals surface area contributed by atoms with Crippen LogP contribution in [0.1, 0.15) is 12.7 Å². The Morgan fingerprint density at radius 3 is 2.55 bits per heavy atom. The van der Waals surface area contributed by atoms with E-state index in [0.717, 1.165) is 21.6 Å². The van der Waals surface area contributed by atoms with Crippen molar-refractivity contribution in [2.45, 2.75) is 13.5 Å². The van der Waals surface area contributed by atoms with Crippen LogP contribution >= 0.6 is 15.9 Å². The van der Waals surface area contributed by atoms with Gasteiger partial charge in [-0.25, -0.2) is 0 Å². The molecule has 0 unspecified atom stereocenters. The number of likely N-dealkylation sites (N-methyl/N-ethyl adjacent to an activating group) is 1. The molecule has 0 atom stereocenters. The Bertz CT molecular complexity index is 577. The van der Waals surface area contributed by atoms with Gasteiger partial charge >= 0.3 is 5.97 Å². The fraction of sp³-hybridized carbons (Fsp3) is 0.267. The van der Waals surface area contributed by atoms with Crippen molar-refractivity contribution < 1.29 is 14.3 Å². The van der Waals surface area contributed by atoms with Crippen LogP contribution in [-0.2, 0) is 11.3 Å². The van der Waals surface area contributed by atoms with Crippen LogP contribution in [-0.4, -0.2) is 29.1 Å². The molecule has 1 aromatic carbocycles. The summed E-state index contributed by atoms with van der Waals surface area (Å²) in [4.78, 5) is 12.6. The molecule has 0 aliphatic rings. The van der Waals surface area contributed by atoms with E-state index in [4.69, 9.17) is 9.52 Å². The van der Waals surface area contributed by atoms with Crippen molar-refractivity contribution in [2.24, 2.45) is 0 Å². The van der Waals surface area contributed by atoms with Gasteiger partial charge in [0.15, 0.2) is 0 Å². The number of nitrogens with zero attached hydrogens (tertiary/aromatic N) is 1. The van der Waals surface area contributed by atoms with Gasteiger partial charge in [0.1, 0.15) is 11.5 Å². The smallest absolute Gasteiger partial charge is 0.317 e. The normalized spacial score (nSPS) is 10.9. The average Bonchev–Trinajstić information content (AvgIpc) is 2.87. The lowest BCUT2D eigenvalue weighted by molar-refractivity contribution is -0.138. The number of furan rings is 1. The zero-order chi connectivity index (χ0) is 14.5. The summed E-state index contributed by atoms with van der Waals surface area (Å²) in [6.45, 7) is 3.12. The number of aliphatic carboxylic acids is 1. The molecule has 0 radical (unpaired) electrons. The third-order valence-corrected chi connectivity index (χ3v) is 3.50. The molecular formula is C15H16BrNO3. The van der Waals surface area contributed by atoms with Gasteiger partial charge in [0, 0.05) is 10.0 Å². The largest absolute Gasteiger partial charge is 0.480 e. The molecule has 1 heterocycles. The molecule has 20 heavy (non-hydrogen) atoms. The molecule has 0 fully saturated rings. The van der Waals surface area contributed by atoms with E-state index in [2.05, 4.69) is 15.9 Å². The van der Waals surface area contributed by atoms with Crippen molar-refractivity contribution in [1.82, 2.24) is 4.90 Å². The monoisotopic (exact) mass is 337 g/mol. The summed E-state index contributed by atoms with van der Waals surface area (Å²) >= 11 is 3.40. The number of rotatable bonds is 6. The molecule has 2 aromatic rings. The first-order valence-corrected chi connectivity index (χ1v) is 7.16. The highest BCUT2D eigenvalue weighted by Crippen LogP contribution is 2.24. The zero-order valence-corrected chi connectivity index (χ0v) is 12.8. The van der Waals surface area contributed by atoms with Gasteiger partial charge in [-0.15, -0.1) is 0 Å². The van der Waals surface area contributed by atoms with E-state index >= 15 is 0 Å². The van der Waals surface area contributed by atoms with Gasteiger partial charge in [-0.3, -0.25) is 9.69 Å². The van der Waals surface area contributed by atoms with Crippen LogP contribution in [0.5, 0.6) is 0 Å². The highest BCUT2D eigenvalue weighted by Gasteiger charge is 2.11. The van der Waals surface area contributed by atoms with Crippen LogP contribution in [0, 0.1) is 0 Å². The number of carbonyl (C=O) groups is 1. The Labute approximate surface area is 126 Å². The second kappa shape index (κ2) is 6.72. The lowest BCUT2D eigenvalue weighted by Gasteiger charge is -2.15. The van der Waals surface area contributed by atoms with Gasteiger partial charge in [-0.1, -0.05) is 35.0 Å². The van der Waals surface area contributed by atoms with Crippen molar-refractivity contribution in [3.63, 3.8) is 0 Å². The number of carboxylic acid groups (broad SMARTS) is 1. The first kappa shape index (κ1) is 14.8. The maximum atomic E-state index is 10.7. The van der Waals surface area contributed by atoms with Crippen LogP contribution < -0.4 is 0 Å². The van der Waals surface area contributed by atoms with Crippen molar-refractivity contribution in [3.05, 3.63) is 46.6 Å². The second-order valence-corrected chi connectivity index (χ2v) is 5.39. The van der Waals surface area contributed by atoms with Crippen LogP contribution in [0.3, 0.4) is 0 Å². The van der Waals surface area contributed by atoms with E-state index in [1.54, 1.807) is 0 Å². The molecule has 1 N–H and O–H groups in total. The molecule has 0 aliphatic heterocycles. The van der Waals surface area contributed by atoms with Crippen LogP contribution in [0.2, 0.25) is 0 Å². The lowest BCUT2D eigenvalue weighted by atomic mass is 10.2. The van der Waals surface area contributed by atoms with Crippen molar-refractivity contribution in [1.29, 1.82) is 0 Å². The molecule has 106 valence electrons. The Kier molecular flexibility index (Phi) is 4.98. The fourth-order valence-corrected chi connectivity index (χ4v) is 2.19. The maximum absolute atomic E-state index is 10.7. The van der Waals surface area contributed by atoms with E-state index in [9.17, 15) is 4.79 Å². The molecular weight excluding hydrogens is 322 g/mol. The van der Waals surface area contributed by atoms with Gasteiger partial charge in [0.2, 0.25) is 0 Å². The highest BCUT2D eigenvalue weighted by molar-refractivity contribution is 9.10.